The maximum absolute atomic E-state index is 4.82. The highest BCUT2D eigenvalue weighted by Gasteiger charge is 2.29. The molecule has 1 N–H and O–H groups in total. The van der Waals surface area contributed by atoms with Crippen LogP contribution in [0.1, 0.15) is 55.8 Å². The van der Waals surface area contributed by atoms with Gasteiger partial charge in [0.05, 0.1) is 11.9 Å². The van der Waals surface area contributed by atoms with Gasteiger partial charge in [-0.05, 0) is 56.5 Å². The number of hydrogen-bond donors (Lipinski definition) is 1. The van der Waals surface area contributed by atoms with Crippen LogP contribution in [0, 0.1) is 0 Å². The van der Waals surface area contributed by atoms with Gasteiger partial charge in [-0.25, -0.2) is 9.50 Å². The number of hydrogen-bond acceptors (Lipinski definition) is 4. The Hall–Kier alpha value is -2.40. The van der Waals surface area contributed by atoms with Crippen LogP contribution in [-0.4, -0.2) is 38.6 Å². The van der Waals surface area contributed by atoms with Crippen LogP contribution >= 0.6 is 0 Å². The summed E-state index contributed by atoms with van der Waals surface area (Å²) in [5.41, 5.74) is 3.29. The minimum absolute atomic E-state index is 0.498. The van der Waals surface area contributed by atoms with Gasteiger partial charge in [-0.2, -0.15) is 5.10 Å². The highest BCUT2D eigenvalue weighted by molar-refractivity contribution is 5.49. The standard InChI is InChI=1S/C23H29N5/c1-2-6-18(7-3-1)16-24-20-10-11-22-25-23(26-28(22)17-20)19-12-14-27(15-13-19)21-8-4-5-9-21/h1-3,6-7,10-11,17,19,21,24H,4-5,8-9,12-16H2. The molecular weight excluding hydrogens is 346 g/mol. The fourth-order valence-corrected chi connectivity index (χ4v) is 4.77. The Morgan fingerprint density at radius 3 is 2.50 bits per heavy atom. The third-order valence-electron chi connectivity index (χ3n) is 6.42. The zero-order valence-corrected chi connectivity index (χ0v) is 16.4. The van der Waals surface area contributed by atoms with E-state index in [4.69, 9.17) is 10.1 Å². The predicted molar refractivity (Wildman–Crippen MR) is 113 cm³/mol. The van der Waals surface area contributed by atoms with E-state index in [-0.39, 0.29) is 0 Å². The van der Waals surface area contributed by atoms with Crippen molar-refractivity contribution in [2.45, 2.75) is 57.0 Å². The van der Waals surface area contributed by atoms with E-state index >= 15 is 0 Å². The van der Waals surface area contributed by atoms with Crippen molar-refractivity contribution in [1.29, 1.82) is 0 Å². The second-order valence-corrected chi connectivity index (χ2v) is 8.28. The first kappa shape index (κ1) is 17.7. The normalized spacial score (nSPS) is 19.4. The molecule has 146 valence electrons. The van der Waals surface area contributed by atoms with Crippen LogP contribution in [0.15, 0.2) is 48.7 Å². The summed E-state index contributed by atoms with van der Waals surface area (Å²) in [6.45, 7) is 3.22. The molecule has 2 aliphatic rings. The quantitative estimate of drug-likeness (QED) is 0.715. The molecule has 0 unspecified atom stereocenters. The first-order valence-electron chi connectivity index (χ1n) is 10.7. The minimum Gasteiger partial charge on any atom is -0.380 e. The molecule has 2 fully saturated rings. The lowest BCUT2D eigenvalue weighted by molar-refractivity contribution is 0.152. The first-order valence-corrected chi connectivity index (χ1v) is 10.7. The van der Waals surface area contributed by atoms with Crippen molar-refractivity contribution < 1.29 is 0 Å². The van der Waals surface area contributed by atoms with Crippen LogP contribution < -0.4 is 5.32 Å². The van der Waals surface area contributed by atoms with Crippen molar-refractivity contribution in [1.82, 2.24) is 19.5 Å². The number of benzene rings is 1. The molecule has 3 heterocycles. The summed E-state index contributed by atoms with van der Waals surface area (Å²) in [4.78, 5) is 7.54. The third kappa shape index (κ3) is 3.76. The molecule has 0 radical (unpaired) electrons. The molecule has 2 aromatic heterocycles. The van der Waals surface area contributed by atoms with Crippen molar-refractivity contribution in [2.75, 3.05) is 18.4 Å². The van der Waals surface area contributed by atoms with Gasteiger partial charge in [0.1, 0.15) is 0 Å². The van der Waals surface area contributed by atoms with Gasteiger partial charge >= 0.3 is 0 Å². The first-order chi connectivity index (χ1) is 13.8. The summed E-state index contributed by atoms with van der Waals surface area (Å²) in [5, 5.41) is 8.31. The Kier molecular flexibility index (Phi) is 5.00. The maximum Gasteiger partial charge on any atom is 0.155 e. The molecule has 0 spiro atoms. The third-order valence-corrected chi connectivity index (χ3v) is 6.42. The highest BCUT2D eigenvalue weighted by Crippen LogP contribution is 2.31. The lowest BCUT2D eigenvalue weighted by Crippen LogP contribution is -2.39. The summed E-state index contributed by atoms with van der Waals surface area (Å²) in [6, 6.07) is 15.5. The molecule has 1 aromatic carbocycles. The van der Waals surface area contributed by atoms with E-state index in [9.17, 15) is 0 Å². The van der Waals surface area contributed by atoms with E-state index in [2.05, 4.69) is 52.8 Å². The van der Waals surface area contributed by atoms with E-state index in [1.54, 1.807) is 0 Å². The Morgan fingerprint density at radius 1 is 0.929 bits per heavy atom. The lowest BCUT2D eigenvalue weighted by Gasteiger charge is -2.35. The fraction of sp³-hybridized carbons (Fsp3) is 0.478. The molecule has 5 heteroatoms. The summed E-state index contributed by atoms with van der Waals surface area (Å²) in [7, 11) is 0. The Bertz CT molecular complexity index is 905. The van der Waals surface area contributed by atoms with E-state index in [0.29, 0.717) is 5.92 Å². The summed E-state index contributed by atoms with van der Waals surface area (Å²) in [5.74, 6) is 1.52. The molecule has 5 nitrogen and oxygen atoms in total. The van der Waals surface area contributed by atoms with Gasteiger partial charge in [0, 0.05) is 18.5 Å². The number of rotatable bonds is 5. The molecule has 0 atom stereocenters. The number of pyridine rings is 1. The number of aromatic nitrogens is 3. The molecule has 0 bridgehead atoms. The van der Waals surface area contributed by atoms with Crippen LogP contribution in [0.5, 0.6) is 0 Å². The Labute approximate surface area is 166 Å². The number of fused-ring (bicyclic) bond motifs is 1. The van der Waals surface area contributed by atoms with Gasteiger partial charge in [0.25, 0.3) is 0 Å². The second kappa shape index (κ2) is 7.92. The fourth-order valence-electron chi connectivity index (χ4n) is 4.77. The Balaban J connectivity index is 1.24. The highest BCUT2D eigenvalue weighted by atomic mass is 15.3. The van der Waals surface area contributed by atoms with Gasteiger partial charge in [0.15, 0.2) is 11.5 Å². The van der Waals surface area contributed by atoms with Crippen molar-refractivity contribution in [3.05, 3.63) is 60.0 Å². The second-order valence-electron chi connectivity index (χ2n) is 8.28. The van der Waals surface area contributed by atoms with Crippen molar-refractivity contribution in [3.63, 3.8) is 0 Å². The molecule has 1 aliphatic carbocycles. The lowest BCUT2D eigenvalue weighted by atomic mass is 9.95. The summed E-state index contributed by atoms with van der Waals surface area (Å²) < 4.78 is 1.94. The smallest absolute Gasteiger partial charge is 0.155 e. The molecule has 28 heavy (non-hydrogen) atoms. The van der Waals surface area contributed by atoms with E-state index in [0.717, 1.165) is 29.7 Å². The van der Waals surface area contributed by atoms with E-state index < -0.39 is 0 Å². The number of nitrogens with one attached hydrogen (secondary N) is 1. The van der Waals surface area contributed by atoms with Crippen molar-refractivity contribution in [3.8, 4) is 0 Å². The van der Waals surface area contributed by atoms with Crippen LogP contribution in [0.3, 0.4) is 0 Å². The minimum atomic E-state index is 0.498. The van der Waals surface area contributed by atoms with Crippen LogP contribution in [-0.2, 0) is 6.54 Å². The number of likely N-dealkylation sites (tertiary alicyclic amines) is 1. The van der Waals surface area contributed by atoms with Crippen LogP contribution in [0.25, 0.3) is 5.65 Å². The molecular formula is C23H29N5. The van der Waals surface area contributed by atoms with Gasteiger partial charge < -0.3 is 10.2 Å². The molecule has 0 amide bonds. The van der Waals surface area contributed by atoms with Gasteiger partial charge in [-0.3, -0.25) is 0 Å². The van der Waals surface area contributed by atoms with Gasteiger partial charge in [0.2, 0.25) is 0 Å². The van der Waals surface area contributed by atoms with Crippen LogP contribution in [0.2, 0.25) is 0 Å². The molecule has 3 aromatic rings. The number of piperidine rings is 1. The topological polar surface area (TPSA) is 45.5 Å². The summed E-state index contributed by atoms with van der Waals surface area (Å²) in [6.07, 6.45) is 10.1. The molecule has 1 aliphatic heterocycles. The van der Waals surface area contributed by atoms with Crippen LogP contribution in [0.4, 0.5) is 5.69 Å². The largest absolute Gasteiger partial charge is 0.380 e. The SMILES string of the molecule is c1ccc(CNc2ccc3nc(C4CCN(C5CCCC5)CC4)nn3c2)cc1. The van der Waals surface area contributed by atoms with Gasteiger partial charge in [-0.15, -0.1) is 0 Å². The zero-order valence-electron chi connectivity index (χ0n) is 16.4. The monoisotopic (exact) mass is 375 g/mol. The van der Waals surface area contributed by atoms with Crippen molar-refractivity contribution in [2.24, 2.45) is 0 Å². The van der Waals surface area contributed by atoms with E-state index in [1.807, 2.05) is 10.6 Å². The zero-order chi connectivity index (χ0) is 18.8. The summed E-state index contributed by atoms with van der Waals surface area (Å²) >= 11 is 0. The molecule has 1 saturated carbocycles. The Morgan fingerprint density at radius 2 is 1.71 bits per heavy atom. The average molecular weight is 376 g/mol. The molecule has 1 saturated heterocycles. The maximum atomic E-state index is 4.82. The van der Waals surface area contributed by atoms with Gasteiger partial charge in [-0.1, -0.05) is 43.2 Å². The number of anilines is 1. The van der Waals surface area contributed by atoms with Crippen molar-refractivity contribution >= 4 is 11.3 Å². The molecule has 5 rings (SSSR count). The predicted octanol–water partition coefficient (Wildman–Crippen LogP) is 4.46. The average Bonchev–Trinajstić information content (AvgIpc) is 3.43. The van der Waals surface area contributed by atoms with E-state index in [1.165, 1.54) is 57.2 Å². The number of nitrogens with zero attached hydrogens (tertiary/aromatic N) is 4.